The van der Waals surface area contributed by atoms with Gasteiger partial charge in [-0.3, -0.25) is 0 Å². The normalized spacial score (nSPS) is 23.2. The van der Waals surface area contributed by atoms with Crippen molar-refractivity contribution in [2.24, 2.45) is 0 Å². The first-order chi connectivity index (χ1) is 9.80. The van der Waals surface area contributed by atoms with E-state index < -0.39 is 6.36 Å². The van der Waals surface area contributed by atoms with Gasteiger partial charge in [0.15, 0.2) is 0 Å². The van der Waals surface area contributed by atoms with Crippen LogP contribution < -0.4 is 15.0 Å². The molecule has 0 amide bonds. The molecule has 0 spiro atoms. The van der Waals surface area contributed by atoms with E-state index in [0.29, 0.717) is 16.6 Å². The van der Waals surface area contributed by atoms with Gasteiger partial charge in [-0.15, -0.1) is 13.2 Å². The van der Waals surface area contributed by atoms with Crippen molar-refractivity contribution < 1.29 is 17.9 Å². The van der Waals surface area contributed by atoms with E-state index in [4.69, 9.17) is 0 Å². The molecule has 0 radical (unpaired) electrons. The van der Waals surface area contributed by atoms with Crippen LogP contribution in [0.25, 0.3) is 0 Å². The molecule has 0 aromatic heterocycles. The summed E-state index contributed by atoms with van der Waals surface area (Å²) in [5.41, 5.74) is 0.900. The van der Waals surface area contributed by atoms with E-state index in [1.807, 2.05) is 0 Å². The Labute approximate surface area is 130 Å². The predicted octanol–water partition coefficient (Wildman–Crippen LogP) is 3.92. The number of piperazine rings is 1. The molecule has 7 heteroatoms. The number of nitrogens with zero attached hydrogens (tertiary/aromatic N) is 1. The van der Waals surface area contributed by atoms with Crippen molar-refractivity contribution in [3.05, 3.63) is 22.7 Å². The zero-order chi connectivity index (χ0) is 15.6. The Bertz CT molecular complexity index is 496. The molecule has 118 valence electrons. The monoisotopic (exact) mass is 366 g/mol. The number of anilines is 1. The zero-order valence-electron chi connectivity index (χ0n) is 11.9. The number of hydrogen-bond acceptors (Lipinski definition) is 3. The molecule has 0 bridgehead atoms. The lowest BCUT2D eigenvalue weighted by Gasteiger charge is -2.40. The largest absolute Gasteiger partial charge is 0.573 e. The highest BCUT2D eigenvalue weighted by Gasteiger charge is 2.32. The van der Waals surface area contributed by atoms with Gasteiger partial charge >= 0.3 is 6.36 Å². The fraction of sp³-hybridized carbons (Fsp3) is 0.571. The zero-order valence-corrected chi connectivity index (χ0v) is 13.5. The lowest BCUT2D eigenvalue weighted by atomic mass is 10.1. The van der Waals surface area contributed by atoms with Crippen molar-refractivity contribution in [3.8, 4) is 5.75 Å². The maximum atomic E-state index is 12.3. The summed E-state index contributed by atoms with van der Waals surface area (Å²) in [6.45, 7) is 5.89. The fourth-order valence-electron chi connectivity index (χ4n) is 2.51. The van der Waals surface area contributed by atoms with Gasteiger partial charge in [0.05, 0.1) is 4.47 Å². The van der Waals surface area contributed by atoms with Crippen molar-refractivity contribution in [2.75, 3.05) is 18.0 Å². The SMILES string of the molecule is CCC1CNC(C)CN1c1ccc(OC(F)(F)F)c(Br)c1. The third-order valence-electron chi connectivity index (χ3n) is 3.56. The quantitative estimate of drug-likeness (QED) is 0.877. The lowest BCUT2D eigenvalue weighted by molar-refractivity contribution is -0.274. The molecule has 1 fully saturated rings. The molecule has 1 aromatic carbocycles. The number of benzene rings is 1. The van der Waals surface area contributed by atoms with Crippen LogP contribution in [0.4, 0.5) is 18.9 Å². The molecular formula is C14H18BrF3N2O. The highest BCUT2D eigenvalue weighted by Crippen LogP contribution is 2.34. The Morgan fingerprint density at radius 1 is 1.43 bits per heavy atom. The van der Waals surface area contributed by atoms with Crippen molar-refractivity contribution in [1.29, 1.82) is 0 Å². The highest BCUT2D eigenvalue weighted by atomic mass is 79.9. The van der Waals surface area contributed by atoms with E-state index in [2.05, 4.69) is 44.7 Å². The van der Waals surface area contributed by atoms with Gasteiger partial charge in [-0.1, -0.05) is 6.92 Å². The number of nitrogens with one attached hydrogen (secondary N) is 1. The first-order valence-electron chi connectivity index (χ1n) is 6.85. The number of rotatable bonds is 3. The molecule has 1 aliphatic rings. The molecule has 21 heavy (non-hydrogen) atoms. The second-order valence-electron chi connectivity index (χ2n) is 5.19. The minimum atomic E-state index is -4.68. The van der Waals surface area contributed by atoms with E-state index in [9.17, 15) is 13.2 Å². The average Bonchev–Trinajstić information content (AvgIpc) is 2.39. The maximum absolute atomic E-state index is 12.3. The van der Waals surface area contributed by atoms with Gasteiger partial charge in [-0.05, 0) is 47.5 Å². The average molecular weight is 367 g/mol. The third kappa shape index (κ3) is 4.26. The number of halogens is 4. The summed E-state index contributed by atoms with van der Waals surface area (Å²) < 4.78 is 41.1. The van der Waals surface area contributed by atoms with Gasteiger partial charge in [-0.2, -0.15) is 0 Å². The Morgan fingerprint density at radius 2 is 2.14 bits per heavy atom. The Kier molecular flexibility index (Phi) is 5.03. The summed E-state index contributed by atoms with van der Waals surface area (Å²) >= 11 is 3.16. The third-order valence-corrected chi connectivity index (χ3v) is 4.18. The van der Waals surface area contributed by atoms with Crippen LogP contribution in [0.3, 0.4) is 0 Å². The summed E-state index contributed by atoms with van der Waals surface area (Å²) in [6.07, 6.45) is -3.71. The second kappa shape index (κ2) is 6.44. The Morgan fingerprint density at radius 3 is 2.71 bits per heavy atom. The van der Waals surface area contributed by atoms with Gasteiger partial charge in [0, 0.05) is 30.9 Å². The van der Waals surface area contributed by atoms with Gasteiger partial charge < -0.3 is 15.0 Å². The summed E-state index contributed by atoms with van der Waals surface area (Å²) in [4.78, 5) is 2.23. The Balaban J connectivity index is 2.22. The lowest BCUT2D eigenvalue weighted by Crippen LogP contribution is -2.55. The summed E-state index contributed by atoms with van der Waals surface area (Å²) in [7, 11) is 0. The smallest absolute Gasteiger partial charge is 0.405 e. The standard InChI is InChI=1S/C14H18BrF3N2O/c1-3-10-7-19-9(2)8-20(10)11-4-5-13(12(15)6-11)21-14(16,17)18/h4-6,9-10,19H,3,7-8H2,1-2H3. The number of alkyl halides is 3. The van der Waals surface area contributed by atoms with E-state index >= 15 is 0 Å². The summed E-state index contributed by atoms with van der Waals surface area (Å²) in [5.74, 6) is -0.220. The van der Waals surface area contributed by atoms with E-state index in [-0.39, 0.29) is 5.75 Å². The predicted molar refractivity (Wildman–Crippen MR) is 79.7 cm³/mol. The van der Waals surface area contributed by atoms with Crippen LogP contribution in [0.15, 0.2) is 22.7 Å². The van der Waals surface area contributed by atoms with Crippen molar-refractivity contribution in [3.63, 3.8) is 0 Å². The minimum Gasteiger partial charge on any atom is -0.405 e. The van der Waals surface area contributed by atoms with Gasteiger partial charge in [0.25, 0.3) is 0 Å². The Hall–Kier alpha value is -0.950. The molecule has 0 aliphatic carbocycles. The van der Waals surface area contributed by atoms with Crippen molar-refractivity contribution >= 4 is 21.6 Å². The van der Waals surface area contributed by atoms with Gasteiger partial charge in [-0.25, -0.2) is 0 Å². The summed E-state index contributed by atoms with van der Waals surface area (Å²) in [6, 6.07) is 5.39. The van der Waals surface area contributed by atoms with Gasteiger partial charge in [0.2, 0.25) is 0 Å². The topological polar surface area (TPSA) is 24.5 Å². The molecule has 2 atom stereocenters. The molecule has 2 rings (SSSR count). The highest BCUT2D eigenvalue weighted by molar-refractivity contribution is 9.10. The van der Waals surface area contributed by atoms with Crippen LogP contribution in [0, 0.1) is 0 Å². The van der Waals surface area contributed by atoms with Crippen molar-refractivity contribution in [2.45, 2.75) is 38.7 Å². The fourth-order valence-corrected chi connectivity index (χ4v) is 2.96. The first kappa shape index (κ1) is 16.4. The van der Waals surface area contributed by atoms with Crippen LogP contribution in [0.1, 0.15) is 20.3 Å². The maximum Gasteiger partial charge on any atom is 0.573 e. The minimum absolute atomic E-state index is 0.220. The second-order valence-corrected chi connectivity index (χ2v) is 6.04. The molecule has 1 aliphatic heterocycles. The molecule has 1 N–H and O–H groups in total. The summed E-state index contributed by atoms with van der Waals surface area (Å²) in [5, 5.41) is 3.41. The van der Waals surface area contributed by atoms with Crippen LogP contribution in [-0.4, -0.2) is 31.5 Å². The van der Waals surface area contributed by atoms with Crippen LogP contribution in [-0.2, 0) is 0 Å². The molecule has 1 aromatic rings. The molecular weight excluding hydrogens is 349 g/mol. The molecule has 2 unspecified atom stereocenters. The van der Waals surface area contributed by atoms with E-state index in [0.717, 1.165) is 25.2 Å². The number of ether oxygens (including phenoxy) is 1. The molecule has 0 saturated carbocycles. The van der Waals surface area contributed by atoms with E-state index in [1.54, 1.807) is 12.1 Å². The van der Waals surface area contributed by atoms with Gasteiger partial charge in [0.1, 0.15) is 5.75 Å². The van der Waals surface area contributed by atoms with E-state index in [1.165, 1.54) is 6.07 Å². The first-order valence-corrected chi connectivity index (χ1v) is 7.64. The molecule has 3 nitrogen and oxygen atoms in total. The number of hydrogen-bond donors (Lipinski definition) is 1. The van der Waals surface area contributed by atoms with Crippen LogP contribution >= 0.6 is 15.9 Å². The van der Waals surface area contributed by atoms with Crippen LogP contribution in [0.5, 0.6) is 5.75 Å². The molecule has 1 saturated heterocycles. The molecule has 1 heterocycles. The van der Waals surface area contributed by atoms with Crippen LogP contribution in [0.2, 0.25) is 0 Å². The van der Waals surface area contributed by atoms with Crippen molar-refractivity contribution in [1.82, 2.24) is 5.32 Å².